The van der Waals surface area contributed by atoms with Gasteiger partial charge in [-0.1, -0.05) is 41.9 Å². The number of ether oxygens (including phenoxy) is 1. The zero-order chi connectivity index (χ0) is 20.0. The highest BCUT2D eigenvalue weighted by Gasteiger charge is 2.60. The number of nitrogens with zero attached hydrogens (tertiary/aromatic N) is 1. The van der Waals surface area contributed by atoms with Crippen molar-refractivity contribution in [1.29, 1.82) is 5.41 Å². The molecular weight excluding hydrogens is 386 g/mol. The summed E-state index contributed by atoms with van der Waals surface area (Å²) < 4.78 is 5.46. The number of carbonyl (C=O) groups is 1. The molecule has 2 heterocycles. The van der Waals surface area contributed by atoms with E-state index in [2.05, 4.69) is 11.4 Å². The molecule has 0 radical (unpaired) electrons. The van der Waals surface area contributed by atoms with Gasteiger partial charge in [-0.25, -0.2) is 0 Å². The Morgan fingerprint density at radius 3 is 2.45 bits per heavy atom. The van der Waals surface area contributed by atoms with Crippen LogP contribution in [-0.4, -0.2) is 36.0 Å². The molecule has 0 unspecified atom stereocenters. The van der Waals surface area contributed by atoms with Crippen LogP contribution in [0.5, 0.6) is 0 Å². The highest BCUT2D eigenvalue weighted by atomic mass is 35.5. The molecule has 2 aliphatic heterocycles. The molecule has 2 aromatic rings. The SMILES string of the molecule is N=C1N[C@@](c2cccc(-c3ccc(Cl)cc3)c2)(C2CC2)C(=O)N1C1CCOCC1. The Balaban J connectivity index is 1.54. The van der Waals surface area contributed by atoms with E-state index in [1.54, 1.807) is 4.90 Å². The molecule has 5 nitrogen and oxygen atoms in total. The first-order valence-corrected chi connectivity index (χ1v) is 10.6. The van der Waals surface area contributed by atoms with Crippen molar-refractivity contribution in [3.63, 3.8) is 0 Å². The number of hydrogen-bond acceptors (Lipinski definition) is 3. The van der Waals surface area contributed by atoms with E-state index in [0.29, 0.717) is 18.2 Å². The average molecular weight is 410 g/mol. The Kier molecular flexibility index (Phi) is 4.60. The van der Waals surface area contributed by atoms with Gasteiger partial charge in [0.05, 0.1) is 0 Å². The second-order valence-electron chi connectivity index (χ2n) is 8.16. The predicted octanol–water partition coefficient (Wildman–Crippen LogP) is 4.16. The number of halogens is 1. The van der Waals surface area contributed by atoms with Crippen molar-refractivity contribution in [3.8, 4) is 11.1 Å². The van der Waals surface area contributed by atoms with Crippen LogP contribution in [0.3, 0.4) is 0 Å². The van der Waals surface area contributed by atoms with Crippen LogP contribution in [0.1, 0.15) is 31.2 Å². The highest BCUT2D eigenvalue weighted by molar-refractivity contribution is 6.30. The summed E-state index contributed by atoms with van der Waals surface area (Å²) in [6, 6.07) is 15.9. The lowest BCUT2D eigenvalue weighted by Crippen LogP contribution is -2.48. The van der Waals surface area contributed by atoms with Crippen molar-refractivity contribution in [2.75, 3.05) is 13.2 Å². The van der Waals surface area contributed by atoms with E-state index in [9.17, 15) is 4.79 Å². The van der Waals surface area contributed by atoms with Crippen molar-refractivity contribution in [1.82, 2.24) is 10.2 Å². The van der Waals surface area contributed by atoms with E-state index in [1.165, 1.54) is 0 Å². The summed E-state index contributed by atoms with van der Waals surface area (Å²) in [6.07, 6.45) is 3.56. The van der Waals surface area contributed by atoms with Gasteiger partial charge in [-0.15, -0.1) is 0 Å². The minimum absolute atomic E-state index is 0.0187. The molecule has 150 valence electrons. The van der Waals surface area contributed by atoms with Gasteiger partial charge >= 0.3 is 0 Å². The Morgan fingerprint density at radius 2 is 1.76 bits per heavy atom. The molecule has 3 fully saturated rings. The lowest BCUT2D eigenvalue weighted by molar-refractivity contribution is -0.135. The molecule has 2 N–H and O–H groups in total. The largest absolute Gasteiger partial charge is 0.381 e. The molecule has 1 saturated carbocycles. The monoisotopic (exact) mass is 409 g/mol. The minimum Gasteiger partial charge on any atom is -0.381 e. The van der Waals surface area contributed by atoms with Crippen molar-refractivity contribution in [3.05, 3.63) is 59.1 Å². The number of nitrogens with one attached hydrogen (secondary N) is 2. The van der Waals surface area contributed by atoms with E-state index in [1.807, 2.05) is 42.5 Å². The maximum Gasteiger partial charge on any atom is 0.260 e. The predicted molar refractivity (Wildman–Crippen MR) is 113 cm³/mol. The van der Waals surface area contributed by atoms with Gasteiger partial charge in [0.1, 0.15) is 5.54 Å². The molecular formula is C23H24ClN3O2. The topological polar surface area (TPSA) is 65.4 Å². The summed E-state index contributed by atoms with van der Waals surface area (Å²) in [5.74, 6) is 0.469. The zero-order valence-corrected chi connectivity index (χ0v) is 16.9. The van der Waals surface area contributed by atoms with E-state index in [4.69, 9.17) is 21.7 Å². The van der Waals surface area contributed by atoms with Crippen LogP contribution in [0, 0.1) is 11.3 Å². The van der Waals surface area contributed by atoms with Crippen LogP contribution >= 0.6 is 11.6 Å². The van der Waals surface area contributed by atoms with Gasteiger partial charge in [-0.05, 0) is 66.5 Å². The molecule has 2 aromatic carbocycles. The number of benzene rings is 2. The fourth-order valence-corrected chi connectivity index (χ4v) is 4.82. The molecule has 0 spiro atoms. The van der Waals surface area contributed by atoms with Crippen LogP contribution in [-0.2, 0) is 15.1 Å². The number of amides is 1. The van der Waals surface area contributed by atoms with Crippen molar-refractivity contribution in [2.24, 2.45) is 5.92 Å². The van der Waals surface area contributed by atoms with Gasteiger partial charge < -0.3 is 10.1 Å². The Labute approximate surface area is 175 Å². The standard InChI is InChI=1S/C23H24ClN3O2/c24-19-8-4-15(5-9-19)16-2-1-3-18(14-16)23(17-6-7-17)21(28)27(22(25)26-23)20-10-12-29-13-11-20/h1-5,8-9,14,17,20H,6-7,10-13H2,(H2,25,26)/t23-/m1/s1. The van der Waals surface area contributed by atoms with Gasteiger partial charge in [0, 0.05) is 24.3 Å². The maximum atomic E-state index is 13.8. The van der Waals surface area contributed by atoms with Crippen molar-refractivity contribution < 1.29 is 9.53 Å². The summed E-state index contributed by atoms with van der Waals surface area (Å²) in [6.45, 7) is 1.29. The third-order valence-corrected chi connectivity index (χ3v) is 6.61. The minimum atomic E-state index is -0.835. The van der Waals surface area contributed by atoms with Gasteiger partial charge in [0.2, 0.25) is 0 Å². The Morgan fingerprint density at radius 1 is 1.03 bits per heavy atom. The molecule has 1 aliphatic carbocycles. The maximum absolute atomic E-state index is 13.8. The third-order valence-electron chi connectivity index (χ3n) is 6.35. The summed E-state index contributed by atoms with van der Waals surface area (Å²) in [5, 5.41) is 12.6. The van der Waals surface area contributed by atoms with Crippen molar-refractivity contribution in [2.45, 2.75) is 37.3 Å². The lowest BCUT2D eigenvalue weighted by atomic mass is 9.83. The first-order valence-electron chi connectivity index (χ1n) is 10.2. The first kappa shape index (κ1) is 18.6. The van der Waals surface area contributed by atoms with Gasteiger partial charge in [-0.2, -0.15) is 0 Å². The van der Waals surface area contributed by atoms with E-state index < -0.39 is 5.54 Å². The second kappa shape index (κ2) is 7.15. The summed E-state index contributed by atoms with van der Waals surface area (Å²) in [4.78, 5) is 15.5. The molecule has 1 amide bonds. The summed E-state index contributed by atoms with van der Waals surface area (Å²) in [5.41, 5.74) is 2.21. The quantitative estimate of drug-likeness (QED) is 0.796. The van der Waals surface area contributed by atoms with Crippen LogP contribution in [0.15, 0.2) is 48.5 Å². The molecule has 1 atom stereocenters. The van der Waals surface area contributed by atoms with E-state index in [0.717, 1.165) is 42.4 Å². The smallest absolute Gasteiger partial charge is 0.260 e. The molecule has 29 heavy (non-hydrogen) atoms. The van der Waals surface area contributed by atoms with E-state index in [-0.39, 0.29) is 23.8 Å². The molecule has 2 saturated heterocycles. The lowest BCUT2D eigenvalue weighted by Gasteiger charge is -2.32. The normalized spacial score (nSPS) is 25.3. The average Bonchev–Trinajstić information content (AvgIpc) is 3.55. The fourth-order valence-electron chi connectivity index (χ4n) is 4.69. The Bertz CT molecular complexity index is 951. The number of carbonyl (C=O) groups excluding carboxylic acids is 1. The van der Waals surface area contributed by atoms with E-state index >= 15 is 0 Å². The molecule has 0 aromatic heterocycles. The zero-order valence-electron chi connectivity index (χ0n) is 16.2. The number of guanidine groups is 1. The van der Waals surface area contributed by atoms with Gasteiger partial charge in [0.25, 0.3) is 5.91 Å². The molecule has 5 rings (SSSR count). The second-order valence-corrected chi connectivity index (χ2v) is 8.60. The van der Waals surface area contributed by atoms with Crippen LogP contribution in [0.4, 0.5) is 0 Å². The number of hydrogen-bond donors (Lipinski definition) is 2. The van der Waals surface area contributed by atoms with Crippen LogP contribution in [0.2, 0.25) is 5.02 Å². The molecule has 0 bridgehead atoms. The fraction of sp³-hybridized carbons (Fsp3) is 0.391. The van der Waals surface area contributed by atoms with Crippen LogP contribution in [0.25, 0.3) is 11.1 Å². The van der Waals surface area contributed by atoms with Gasteiger partial charge in [-0.3, -0.25) is 15.1 Å². The van der Waals surface area contributed by atoms with Crippen molar-refractivity contribution >= 4 is 23.5 Å². The summed E-state index contributed by atoms with van der Waals surface area (Å²) in [7, 11) is 0. The van der Waals surface area contributed by atoms with Crippen LogP contribution < -0.4 is 5.32 Å². The van der Waals surface area contributed by atoms with Gasteiger partial charge in [0.15, 0.2) is 5.96 Å². The first-order chi connectivity index (χ1) is 14.1. The highest BCUT2D eigenvalue weighted by Crippen LogP contribution is 2.50. The third kappa shape index (κ3) is 3.13. The molecule has 3 aliphatic rings. The Hall–Kier alpha value is -2.37. The summed E-state index contributed by atoms with van der Waals surface area (Å²) >= 11 is 6.04. The number of rotatable bonds is 4. The molecule has 6 heteroatoms.